The van der Waals surface area contributed by atoms with Crippen molar-refractivity contribution in [1.29, 1.82) is 0 Å². The first-order valence-electron chi connectivity index (χ1n) is 5.83. The van der Waals surface area contributed by atoms with Crippen LogP contribution in [0, 0.1) is 0 Å². The fourth-order valence-electron chi connectivity index (χ4n) is 1.64. The molecule has 0 saturated carbocycles. The highest BCUT2D eigenvalue weighted by atomic mass is 79.9. The summed E-state index contributed by atoms with van der Waals surface area (Å²) in [5.74, 6) is 0. The molecule has 0 amide bonds. The maximum atomic E-state index is 12.6. The fourth-order valence-corrected chi connectivity index (χ4v) is 3.96. The first-order chi connectivity index (χ1) is 8.80. The molecular formula is C12H16BrCl2NO2S. The Bertz CT molecular complexity index is 535. The van der Waals surface area contributed by atoms with Crippen molar-refractivity contribution in [2.24, 2.45) is 0 Å². The smallest absolute Gasteiger partial charge is 0.207 e. The van der Waals surface area contributed by atoms with E-state index in [4.69, 9.17) is 23.2 Å². The minimum absolute atomic E-state index is 0.112. The zero-order chi connectivity index (χ0) is 14.6. The van der Waals surface area contributed by atoms with Crippen molar-refractivity contribution >= 4 is 49.2 Å². The molecule has 0 atom stereocenters. The summed E-state index contributed by atoms with van der Waals surface area (Å²) >= 11 is 15.0. The summed E-state index contributed by atoms with van der Waals surface area (Å²) in [6.45, 7) is 4.16. The molecular weight excluding hydrogens is 373 g/mol. The Balaban J connectivity index is 3.15. The predicted octanol–water partition coefficient (Wildman–Crippen LogP) is 4.18. The lowest BCUT2D eigenvalue weighted by molar-refractivity contribution is 0.355. The molecule has 7 heteroatoms. The van der Waals surface area contributed by atoms with Crippen molar-refractivity contribution in [2.75, 3.05) is 11.9 Å². The normalized spacial score (nSPS) is 12.4. The zero-order valence-electron chi connectivity index (χ0n) is 10.7. The number of sulfonamides is 1. The van der Waals surface area contributed by atoms with Crippen molar-refractivity contribution in [2.45, 2.75) is 31.2 Å². The number of halogens is 3. The van der Waals surface area contributed by atoms with Crippen LogP contribution in [0.2, 0.25) is 10.0 Å². The van der Waals surface area contributed by atoms with Crippen LogP contribution in [0.3, 0.4) is 0 Å². The second-order valence-electron chi connectivity index (χ2n) is 4.33. The largest absolute Gasteiger partial charge is 0.243 e. The van der Waals surface area contributed by atoms with E-state index < -0.39 is 10.0 Å². The summed E-state index contributed by atoms with van der Waals surface area (Å²) in [4.78, 5) is 0.171. The minimum Gasteiger partial charge on any atom is -0.207 e. The zero-order valence-corrected chi connectivity index (χ0v) is 14.7. The van der Waals surface area contributed by atoms with Crippen LogP contribution in [0.4, 0.5) is 0 Å². The topological polar surface area (TPSA) is 37.4 Å². The molecule has 3 nitrogen and oxygen atoms in total. The quantitative estimate of drug-likeness (QED) is 0.685. The molecule has 0 aliphatic heterocycles. The molecule has 0 aromatic heterocycles. The van der Waals surface area contributed by atoms with Crippen LogP contribution in [0.1, 0.15) is 20.3 Å². The summed E-state index contributed by atoms with van der Waals surface area (Å²) in [6.07, 6.45) is 0.749. The molecule has 19 heavy (non-hydrogen) atoms. The maximum Gasteiger partial charge on any atom is 0.243 e. The van der Waals surface area contributed by atoms with Crippen molar-refractivity contribution in [3.8, 4) is 0 Å². The van der Waals surface area contributed by atoms with Crippen LogP contribution < -0.4 is 0 Å². The van der Waals surface area contributed by atoms with Gasteiger partial charge in [-0.3, -0.25) is 0 Å². The minimum atomic E-state index is -3.54. The molecule has 0 heterocycles. The predicted molar refractivity (Wildman–Crippen MR) is 83.9 cm³/mol. The van der Waals surface area contributed by atoms with E-state index >= 15 is 0 Å². The van der Waals surface area contributed by atoms with E-state index in [-0.39, 0.29) is 16.0 Å². The highest BCUT2D eigenvalue weighted by Gasteiger charge is 2.26. The van der Waals surface area contributed by atoms with Crippen molar-refractivity contribution < 1.29 is 8.42 Å². The van der Waals surface area contributed by atoms with Crippen molar-refractivity contribution in [1.82, 2.24) is 4.31 Å². The standard InChI is InChI=1S/C12H16BrCl2NO2S/c1-9(2)16(7-3-6-13)19(17,18)10-4-5-11(14)12(15)8-10/h4-5,8-9H,3,6-7H2,1-2H3. The van der Waals surface area contributed by atoms with Crippen LogP contribution in [0.5, 0.6) is 0 Å². The van der Waals surface area contributed by atoms with E-state index in [1.54, 1.807) is 0 Å². The number of alkyl halides is 1. The molecule has 0 fully saturated rings. The number of benzene rings is 1. The molecule has 0 radical (unpaired) electrons. The highest BCUT2D eigenvalue weighted by Crippen LogP contribution is 2.27. The van der Waals surface area contributed by atoms with Gasteiger partial charge in [0.2, 0.25) is 10.0 Å². The maximum absolute atomic E-state index is 12.6. The lowest BCUT2D eigenvalue weighted by Gasteiger charge is -2.25. The van der Waals surface area contributed by atoms with E-state index in [2.05, 4.69) is 15.9 Å². The molecule has 0 aliphatic rings. The van der Waals surface area contributed by atoms with Crippen LogP contribution in [0.25, 0.3) is 0 Å². The Morgan fingerprint density at radius 1 is 1.26 bits per heavy atom. The molecule has 108 valence electrons. The van der Waals surface area contributed by atoms with Gasteiger partial charge in [-0.05, 0) is 38.5 Å². The van der Waals surface area contributed by atoms with Crippen LogP contribution in [-0.2, 0) is 10.0 Å². The first kappa shape index (κ1) is 17.2. The highest BCUT2D eigenvalue weighted by molar-refractivity contribution is 9.09. The summed E-state index contributed by atoms with van der Waals surface area (Å²) in [5, 5.41) is 1.34. The Hall–Kier alpha value is 0.190. The Morgan fingerprint density at radius 2 is 1.89 bits per heavy atom. The lowest BCUT2D eigenvalue weighted by atomic mass is 10.3. The second-order valence-corrected chi connectivity index (χ2v) is 7.83. The number of rotatable bonds is 6. The van der Waals surface area contributed by atoms with E-state index in [1.165, 1.54) is 22.5 Å². The van der Waals surface area contributed by atoms with Gasteiger partial charge in [0.15, 0.2) is 0 Å². The molecule has 0 N–H and O–H groups in total. The average Bonchev–Trinajstić information content (AvgIpc) is 2.32. The van der Waals surface area contributed by atoms with E-state index in [0.29, 0.717) is 11.6 Å². The fraction of sp³-hybridized carbons (Fsp3) is 0.500. The number of hydrogen-bond donors (Lipinski definition) is 0. The van der Waals surface area contributed by atoms with Gasteiger partial charge >= 0.3 is 0 Å². The van der Waals surface area contributed by atoms with E-state index in [9.17, 15) is 8.42 Å². The molecule has 1 aromatic rings. The molecule has 1 aromatic carbocycles. The Morgan fingerprint density at radius 3 is 2.37 bits per heavy atom. The molecule has 0 unspecified atom stereocenters. The van der Waals surface area contributed by atoms with Crippen LogP contribution in [0.15, 0.2) is 23.1 Å². The molecule has 0 saturated heterocycles. The van der Waals surface area contributed by atoms with E-state index in [0.717, 1.165) is 11.8 Å². The average molecular weight is 389 g/mol. The van der Waals surface area contributed by atoms with Gasteiger partial charge < -0.3 is 0 Å². The van der Waals surface area contributed by atoms with Gasteiger partial charge in [0.1, 0.15) is 0 Å². The van der Waals surface area contributed by atoms with Gasteiger partial charge in [-0.1, -0.05) is 39.1 Å². The SMILES string of the molecule is CC(C)N(CCCBr)S(=O)(=O)c1ccc(Cl)c(Cl)c1. The van der Waals surface area contributed by atoms with Gasteiger partial charge in [-0.2, -0.15) is 4.31 Å². The number of hydrogen-bond acceptors (Lipinski definition) is 2. The monoisotopic (exact) mass is 387 g/mol. The third-order valence-electron chi connectivity index (χ3n) is 2.59. The van der Waals surface area contributed by atoms with Gasteiger partial charge in [0.25, 0.3) is 0 Å². The van der Waals surface area contributed by atoms with Gasteiger partial charge in [-0.25, -0.2) is 8.42 Å². The summed E-state index contributed by atoms with van der Waals surface area (Å²) in [5.41, 5.74) is 0. The van der Waals surface area contributed by atoms with Crippen molar-refractivity contribution in [3.05, 3.63) is 28.2 Å². The third-order valence-corrected chi connectivity index (χ3v) is 5.96. The molecule has 1 rings (SSSR count). The van der Waals surface area contributed by atoms with Gasteiger partial charge in [0.05, 0.1) is 14.9 Å². The lowest BCUT2D eigenvalue weighted by Crippen LogP contribution is -2.37. The molecule has 0 spiro atoms. The third kappa shape index (κ3) is 4.33. The second kappa shape index (κ2) is 7.27. The van der Waals surface area contributed by atoms with Crippen LogP contribution in [-0.4, -0.2) is 30.6 Å². The molecule has 0 bridgehead atoms. The first-order valence-corrected chi connectivity index (χ1v) is 9.15. The summed E-state index contributed by atoms with van der Waals surface area (Å²) < 4.78 is 26.6. The number of nitrogens with zero attached hydrogens (tertiary/aromatic N) is 1. The van der Waals surface area contributed by atoms with Crippen molar-refractivity contribution in [3.63, 3.8) is 0 Å². The van der Waals surface area contributed by atoms with E-state index in [1.807, 2.05) is 13.8 Å². The summed E-state index contributed by atoms with van der Waals surface area (Å²) in [6, 6.07) is 4.26. The molecule has 0 aliphatic carbocycles. The summed E-state index contributed by atoms with van der Waals surface area (Å²) in [7, 11) is -3.54. The van der Waals surface area contributed by atoms with Gasteiger partial charge in [-0.15, -0.1) is 0 Å². The van der Waals surface area contributed by atoms with Gasteiger partial charge in [0, 0.05) is 17.9 Å². The van der Waals surface area contributed by atoms with Crippen LogP contribution >= 0.6 is 39.1 Å². The Kier molecular flexibility index (Phi) is 6.60. The Labute approximate surface area is 133 Å².